The van der Waals surface area contributed by atoms with Gasteiger partial charge in [-0.15, -0.1) is 0 Å². The summed E-state index contributed by atoms with van der Waals surface area (Å²) < 4.78 is 22.0. The summed E-state index contributed by atoms with van der Waals surface area (Å²) in [5.41, 5.74) is 6.58. The Bertz CT molecular complexity index is 903. The molecule has 1 aliphatic rings. The molecule has 0 bridgehead atoms. The number of fused-ring (bicyclic) bond motifs is 1. The molecule has 0 atom stereocenters. The van der Waals surface area contributed by atoms with E-state index in [1.54, 1.807) is 14.2 Å². The van der Waals surface area contributed by atoms with E-state index in [2.05, 4.69) is 15.6 Å². The number of hydrazine groups is 1. The van der Waals surface area contributed by atoms with Crippen molar-refractivity contribution in [2.24, 2.45) is 0 Å². The molecule has 1 aliphatic heterocycles. The number of ether oxygens (including phenoxy) is 3. The summed E-state index contributed by atoms with van der Waals surface area (Å²) >= 11 is 0. The number of methoxy groups -OCH3 is 2. The Kier molecular flexibility index (Phi) is 4.64. The van der Waals surface area contributed by atoms with Crippen LogP contribution in [0.25, 0.3) is 22.2 Å². The third kappa shape index (κ3) is 3.07. The van der Waals surface area contributed by atoms with Crippen LogP contribution in [0.1, 0.15) is 0 Å². The average Bonchev–Trinajstić information content (AvgIpc) is 3.12. The van der Waals surface area contributed by atoms with Crippen LogP contribution in [-0.4, -0.2) is 50.7 Å². The third-order valence-corrected chi connectivity index (χ3v) is 4.41. The number of anilines is 1. The molecule has 7 nitrogen and oxygen atoms in total. The Morgan fingerprint density at radius 3 is 2.65 bits per heavy atom. The maximum atomic E-state index is 5.62. The van der Waals surface area contributed by atoms with Crippen LogP contribution in [0.3, 0.4) is 0 Å². The van der Waals surface area contributed by atoms with Crippen LogP contribution in [0.5, 0.6) is 11.5 Å². The van der Waals surface area contributed by atoms with Crippen molar-refractivity contribution in [1.82, 2.24) is 10.2 Å². The lowest BCUT2D eigenvalue weighted by atomic mass is 10.1. The Labute approximate surface area is 151 Å². The molecule has 1 aromatic heterocycles. The molecule has 2 heterocycles. The molecule has 1 saturated heterocycles. The van der Waals surface area contributed by atoms with Gasteiger partial charge in [0, 0.05) is 24.5 Å². The molecule has 1 N–H and O–H groups in total. The van der Waals surface area contributed by atoms with Crippen LogP contribution in [0.4, 0.5) is 5.69 Å². The summed E-state index contributed by atoms with van der Waals surface area (Å²) in [5, 5.41) is 7.31. The van der Waals surface area contributed by atoms with Gasteiger partial charge in [-0.2, -0.15) is 0 Å². The Hall–Kier alpha value is -2.77. The van der Waals surface area contributed by atoms with Crippen LogP contribution in [-0.2, 0) is 4.74 Å². The molecule has 136 valence electrons. The van der Waals surface area contributed by atoms with E-state index in [0.29, 0.717) is 24.7 Å². The predicted molar refractivity (Wildman–Crippen MR) is 98.6 cm³/mol. The van der Waals surface area contributed by atoms with Gasteiger partial charge >= 0.3 is 0 Å². The molecule has 4 rings (SSSR count). The molecule has 0 aliphatic carbocycles. The number of para-hydroxylation sites is 1. The van der Waals surface area contributed by atoms with Crippen molar-refractivity contribution in [1.29, 1.82) is 0 Å². The fourth-order valence-electron chi connectivity index (χ4n) is 3.14. The molecule has 0 radical (unpaired) electrons. The van der Waals surface area contributed by atoms with Gasteiger partial charge in [-0.05, 0) is 18.2 Å². The SMILES string of the molecule is COc1cc(NN2CCOCC2)cc(-c2noc3ccccc23)c1OC. The number of nitrogens with zero attached hydrogens (tertiary/aromatic N) is 2. The van der Waals surface area contributed by atoms with Gasteiger partial charge < -0.3 is 24.2 Å². The fourth-order valence-corrected chi connectivity index (χ4v) is 3.14. The van der Waals surface area contributed by atoms with Crippen LogP contribution in [0, 0.1) is 0 Å². The number of hydrogen-bond donors (Lipinski definition) is 1. The molecule has 0 saturated carbocycles. The van der Waals surface area contributed by atoms with Crippen molar-refractivity contribution >= 4 is 16.7 Å². The smallest absolute Gasteiger partial charge is 0.170 e. The van der Waals surface area contributed by atoms with E-state index in [1.807, 2.05) is 36.4 Å². The summed E-state index contributed by atoms with van der Waals surface area (Å²) in [6.07, 6.45) is 0. The van der Waals surface area contributed by atoms with Crippen molar-refractivity contribution in [3.63, 3.8) is 0 Å². The first-order chi connectivity index (χ1) is 12.8. The number of hydrogen-bond acceptors (Lipinski definition) is 7. The zero-order valence-electron chi connectivity index (χ0n) is 14.8. The highest BCUT2D eigenvalue weighted by atomic mass is 16.5. The zero-order valence-corrected chi connectivity index (χ0v) is 14.8. The van der Waals surface area contributed by atoms with Gasteiger partial charge in [-0.25, -0.2) is 5.01 Å². The maximum Gasteiger partial charge on any atom is 0.170 e. The second-order valence-electron chi connectivity index (χ2n) is 6.00. The lowest BCUT2D eigenvalue weighted by Crippen LogP contribution is -2.40. The molecule has 0 spiro atoms. The van der Waals surface area contributed by atoms with Gasteiger partial charge in [0.15, 0.2) is 17.1 Å². The first kappa shape index (κ1) is 16.7. The van der Waals surface area contributed by atoms with E-state index >= 15 is 0 Å². The molecule has 0 unspecified atom stereocenters. The Balaban J connectivity index is 1.80. The highest BCUT2D eigenvalue weighted by molar-refractivity contribution is 5.94. The van der Waals surface area contributed by atoms with Crippen LogP contribution >= 0.6 is 0 Å². The molecule has 26 heavy (non-hydrogen) atoms. The summed E-state index contributed by atoms with van der Waals surface area (Å²) in [6.45, 7) is 3.05. The van der Waals surface area contributed by atoms with Gasteiger partial charge in [-0.3, -0.25) is 0 Å². The van der Waals surface area contributed by atoms with Crippen LogP contribution in [0.15, 0.2) is 40.9 Å². The average molecular weight is 355 g/mol. The lowest BCUT2D eigenvalue weighted by molar-refractivity contribution is 0.0497. The fraction of sp³-hybridized carbons (Fsp3) is 0.316. The number of rotatable bonds is 5. The number of morpholine rings is 1. The van der Waals surface area contributed by atoms with Crippen LogP contribution < -0.4 is 14.9 Å². The minimum atomic E-state index is 0.624. The maximum absolute atomic E-state index is 5.62. The van der Waals surface area contributed by atoms with Crippen LogP contribution in [0.2, 0.25) is 0 Å². The van der Waals surface area contributed by atoms with Crippen molar-refractivity contribution < 1.29 is 18.7 Å². The molecule has 3 aromatic rings. The molecule has 7 heteroatoms. The molecular formula is C19H21N3O4. The summed E-state index contributed by atoms with van der Waals surface area (Å²) in [7, 11) is 3.25. The topological polar surface area (TPSA) is 69.0 Å². The highest BCUT2D eigenvalue weighted by Crippen LogP contribution is 2.42. The predicted octanol–water partition coefficient (Wildman–Crippen LogP) is 3.17. The van der Waals surface area contributed by atoms with Gasteiger partial charge in [0.05, 0.1) is 38.7 Å². The van der Waals surface area contributed by atoms with E-state index in [1.165, 1.54) is 0 Å². The number of nitrogens with one attached hydrogen (secondary N) is 1. The molecule has 2 aromatic carbocycles. The molecular weight excluding hydrogens is 334 g/mol. The zero-order chi connectivity index (χ0) is 17.9. The third-order valence-electron chi connectivity index (χ3n) is 4.41. The van der Waals surface area contributed by atoms with E-state index in [0.717, 1.165) is 41.0 Å². The monoisotopic (exact) mass is 355 g/mol. The first-order valence-electron chi connectivity index (χ1n) is 8.50. The second-order valence-corrected chi connectivity index (χ2v) is 6.00. The molecule has 1 fully saturated rings. The van der Waals surface area contributed by atoms with E-state index in [4.69, 9.17) is 18.7 Å². The normalized spacial score (nSPS) is 15.2. The minimum absolute atomic E-state index is 0.624. The molecule has 0 amide bonds. The first-order valence-corrected chi connectivity index (χ1v) is 8.50. The Morgan fingerprint density at radius 1 is 1.08 bits per heavy atom. The highest BCUT2D eigenvalue weighted by Gasteiger charge is 2.20. The van der Waals surface area contributed by atoms with Gasteiger partial charge in [0.1, 0.15) is 5.69 Å². The summed E-state index contributed by atoms with van der Waals surface area (Å²) in [4.78, 5) is 0. The lowest BCUT2D eigenvalue weighted by Gasteiger charge is -2.28. The second kappa shape index (κ2) is 7.23. The van der Waals surface area contributed by atoms with E-state index in [-0.39, 0.29) is 0 Å². The van der Waals surface area contributed by atoms with Crippen molar-refractivity contribution in [2.45, 2.75) is 0 Å². The number of aromatic nitrogens is 1. The van der Waals surface area contributed by atoms with Crippen molar-refractivity contribution in [2.75, 3.05) is 45.9 Å². The summed E-state index contributed by atoms with van der Waals surface area (Å²) in [6, 6.07) is 11.7. The van der Waals surface area contributed by atoms with E-state index in [9.17, 15) is 0 Å². The standard InChI is InChI=1S/C19H21N3O4/c1-23-17-12-13(20-22-7-9-25-10-8-22)11-15(19(17)24-2)18-14-5-3-4-6-16(14)26-21-18/h3-6,11-12,20H,7-10H2,1-2H3. The number of benzene rings is 2. The minimum Gasteiger partial charge on any atom is -0.493 e. The Morgan fingerprint density at radius 2 is 1.88 bits per heavy atom. The van der Waals surface area contributed by atoms with Gasteiger partial charge in [-0.1, -0.05) is 17.3 Å². The largest absolute Gasteiger partial charge is 0.493 e. The van der Waals surface area contributed by atoms with E-state index < -0.39 is 0 Å². The van der Waals surface area contributed by atoms with Gasteiger partial charge in [0.25, 0.3) is 0 Å². The summed E-state index contributed by atoms with van der Waals surface area (Å²) in [5.74, 6) is 1.26. The van der Waals surface area contributed by atoms with Gasteiger partial charge in [0.2, 0.25) is 0 Å². The quantitative estimate of drug-likeness (QED) is 0.754. The van der Waals surface area contributed by atoms with Crippen molar-refractivity contribution in [3.05, 3.63) is 36.4 Å². The van der Waals surface area contributed by atoms with Crippen molar-refractivity contribution in [3.8, 4) is 22.8 Å².